The Kier molecular flexibility index (Phi) is 7.76. The first-order chi connectivity index (χ1) is 18.9. The van der Waals surface area contributed by atoms with E-state index in [9.17, 15) is 9.18 Å². The Hall–Kier alpha value is -4.02. The van der Waals surface area contributed by atoms with E-state index in [0.29, 0.717) is 37.7 Å². The lowest BCUT2D eigenvalue weighted by Crippen LogP contribution is -2.30. The van der Waals surface area contributed by atoms with Crippen LogP contribution in [0.1, 0.15) is 18.4 Å². The summed E-state index contributed by atoms with van der Waals surface area (Å²) in [5.74, 6) is 0.364. The van der Waals surface area contributed by atoms with Gasteiger partial charge in [-0.25, -0.2) is 9.37 Å². The maximum Gasteiger partial charge on any atom is 0.250 e. The molecule has 1 fully saturated rings. The van der Waals surface area contributed by atoms with Gasteiger partial charge in [-0.2, -0.15) is 4.98 Å². The number of fused-ring (bicyclic) bond motifs is 2. The number of carbonyl (C=O) groups is 1. The largest absolute Gasteiger partial charge is 0.491 e. The minimum atomic E-state index is -0.582. The van der Waals surface area contributed by atoms with Crippen LogP contribution in [0.2, 0.25) is 0 Å². The van der Waals surface area contributed by atoms with E-state index in [2.05, 4.69) is 20.6 Å². The van der Waals surface area contributed by atoms with Crippen LogP contribution in [0.4, 0.5) is 33.2 Å². The Morgan fingerprint density at radius 1 is 1.13 bits per heavy atom. The molecular weight excluding hydrogens is 499 g/mol. The number of methoxy groups -OCH3 is 1. The topological polar surface area (TPSA) is 91.8 Å². The number of rotatable bonds is 11. The molecule has 1 spiro atoms. The van der Waals surface area contributed by atoms with Gasteiger partial charge in [-0.1, -0.05) is 12.1 Å². The quantitative estimate of drug-likeness (QED) is 0.273. The van der Waals surface area contributed by atoms with Crippen molar-refractivity contribution in [3.05, 3.63) is 72.2 Å². The van der Waals surface area contributed by atoms with Crippen LogP contribution in [-0.4, -0.2) is 68.3 Å². The first-order valence-electron chi connectivity index (χ1n) is 12.9. The van der Waals surface area contributed by atoms with E-state index < -0.39 is 5.82 Å². The third-order valence-corrected chi connectivity index (χ3v) is 6.84. The van der Waals surface area contributed by atoms with Gasteiger partial charge < -0.3 is 29.9 Å². The fraction of sp³-hybridized carbons (Fsp3) is 0.345. The van der Waals surface area contributed by atoms with Gasteiger partial charge >= 0.3 is 0 Å². The van der Waals surface area contributed by atoms with Crippen LogP contribution in [0.15, 0.2) is 60.8 Å². The van der Waals surface area contributed by atoms with Crippen molar-refractivity contribution in [1.29, 1.82) is 0 Å². The van der Waals surface area contributed by atoms with Crippen molar-refractivity contribution in [3.63, 3.8) is 0 Å². The highest BCUT2D eigenvalue weighted by atomic mass is 19.1. The van der Waals surface area contributed by atoms with E-state index in [1.54, 1.807) is 13.2 Å². The summed E-state index contributed by atoms with van der Waals surface area (Å²) in [6.45, 7) is 2.33. The van der Waals surface area contributed by atoms with Gasteiger partial charge in [0.25, 0.3) is 5.91 Å². The minimum Gasteiger partial charge on any atom is -0.491 e. The van der Waals surface area contributed by atoms with Gasteiger partial charge in [-0.15, -0.1) is 0 Å². The molecule has 3 aromatic rings. The Morgan fingerprint density at radius 3 is 2.62 bits per heavy atom. The van der Waals surface area contributed by atoms with Crippen molar-refractivity contribution in [2.45, 2.75) is 18.3 Å². The highest BCUT2D eigenvalue weighted by Crippen LogP contribution is 2.57. The van der Waals surface area contributed by atoms with E-state index in [0.717, 1.165) is 30.4 Å². The lowest BCUT2D eigenvalue weighted by molar-refractivity contribution is -0.114. The average Bonchev–Trinajstić information content (AvgIpc) is 3.63. The van der Waals surface area contributed by atoms with Crippen LogP contribution in [0.5, 0.6) is 5.75 Å². The van der Waals surface area contributed by atoms with E-state index in [4.69, 9.17) is 9.47 Å². The number of anilines is 5. The van der Waals surface area contributed by atoms with Gasteiger partial charge in [0.15, 0.2) is 11.6 Å². The van der Waals surface area contributed by atoms with Crippen LogP contribution in [0.3, 0.4) is 0 Å². The molecule has 1 aliphatic heterocycles. The van der Waals surface area contributed by atoms with Gasteiger partial charge in [0, 0.05) is 48.8 Å². The molecule has 0 atom stereocenters. The standard InChI is InChI=1S/C29H33FN6O3/c1-35(2)14-4-5-26(37)36-19-29(12-13-29)23-11-8-21(17-25(23)36)32-27-24(30)18-31-28(34-27)33-20-6-9-22(10-7-20)39-16-15-38-3/h4-11,17-18H,12-16,19H2,1-3H3,(H2,31,32,33,34)/b5-4+. The predicted molar refractivity (Wildman–Crippen MR) is 150 cm³/mol. The zero-order valence-corrected chi connectivity index (χ0v) is 22.4. The predicted octanol–water partition coefficient (Wildman–Crippen LogP) is 4.62. The number of likely N-dealkylation sites (N-methyl/N-ethyl adjacent to an activating group) is 1. The van der Waals surface area contributed by atoms with E-state index in [-0.39, 0.29) is 23.1 Å². The zero-order chi connectivity index (χ0) is 27.4. The lowest BCUT2D eigenvalue weighted by Gasteiger charge is -2.17. The molecule has 204 valence electrons. The number of carbonyl (C=O) groups excluding carboxylic acids is 1. The Balaban J connectivity index is 1.31. The zero-order valence-electron chi connectivity index (χ0n) is 22.4. The molecule has 10 heteroatoms. The van der Waals surface area contributed by atoms with Crippen molar-refractivity contribution in [1.82, 2.24) is 14.9 Å². The van der Waals surface area contributed by atoms with Gasteiger partial charge in [0.1, 0.15) is 12.4 Å². The Morgan fingerprint density at radius 2 is 1.90 bits per heavy atom. The Labute approximate surface area is 227 Å². The second-order valence-corrected chi connectivity index (χ2v) is 10.1. The smallest absolute Gasteiger partial charge is 0.250 e. The van der Waals surface area contributed by atoms with Crippen molar-refractivity contribution in [2.75, 3.05) is 63.0 Å². The molecule has 2 aliphatic rings. The first-order valence-corrected chi connectivity index (χ1v) is 12.9. The number of halogens is 1. The van der Waals surface area contributed by atoms with Gasteiger partial charge in [0.05, 0.1) is 12.8 Å². The van der Waals surface area contributed by atoms with E-state index in [1.165, 1.54) is 5.56 Å². The fourth-order valence-electron chi connectivity index (χ4n) is 4.64. The molecule has 2 aromatic carbocycles. The molecule has 1 aromatic heterocycles. The third kappa shape index (κ3) is 6.18. The van der Waals surface area contributed by atoms with Crippen molar-refractivity contribution in [2.24, 2.45) is 0 Å². The molecule has 0 radical (unpaired) electrons. The second-order valence-electron chi connectivity index (χ2n) is 10.1. The maximum absolute atomic E-state index is 14.7. The van der Waals surface area contributed by atoms with Gasteiger partial charge in [0.2, 0.25) is 5.95 Å². The number of nitrogens with zero attached hydrogens (tertiary/aromatic N) is 4. The normalized spacial score (nSPS) is 15.2. The molecule has 2 heterocycles. The number of benzene rings is 2. The summed E-state index contributed by atoms with van der Waals surface area (Å²) in [7, 11) is 5.54. The molecule has 5 rings (SSSR count). The number of aromatic nitrogens is 2. The SMILES string of the molecule is COCCOc1ccc(Nc2ncc(F)c(Nc3ccc4c(c3)N(C(=O)/C=C/CN(C)C)CC43CC3)n2)cc1. The van der Waals surface area contributed by atoms with Gasteiger partial charge in [-0.05, 0) is 68.9 Å². The number of hydrogen-bond donors (Lipinski definition) is 2. The second kappa shape index (κ2) is 11.4. The summed E-state index contributed by atoms with van der Waals surface area (Å²) in [5, 5.41) is 6.16. The average molecular weight is 533 g/mol. The first kappa shape index (κ1) is 26.6. The molecule has 0 unspecified atom stereocenters. The maximum atomic E-state index is 14.7. The molecule has 1 saturated carbocycles. The molecule has 39 heavy (non-hydrogen) atoms. The van der Waals surface area contributed by atoms with Crippen LogP contribution in [0, 0.1) is 5.82 Å². The summed E-state index contributed by atoms with van der Waals surface area (Å²) in [4.78, 5) is 25.3. The van der Waals surface area contributed by atoms with E-state index >= 15 is 0 Å². The van der Waals surface area contributed by atoms with Crippen LogP contribution in [-0.2, 0) is 14.9 Å². The summed E-state index contributed by atoms with van der Waals surface area (Å²) >= 11 is 0. The summed E-state index contributed by atoms with van der Waals surface area (Å²) in [6.07, 6.45) is 6.75. The van der Waals surface area contributed by atoms with Crippen molar-refractivity contribution >= 4 is 34.7 Å². The fourth-order valence-corrected chi connectivity index (χ4v) is 4.64. The molecular formula is C29H33FN6O3. The molecule has 0 saturated heterocycles. The van der Waals surface area contributed by atoms with E-state index in [1.807, 2.05) is 72.4 Å². The number of hydrogen-bond acceptors (Lipinski definition) is 8. The summed E-state index contributed by atoms with van der Waals surface area (Å²) in [6, 6.07) is 13.1. The van der Waals surface area contributed by atoms with Crippen LogP contribution < -0.4 is 20.3 Å². The minimum absolute atomic E-state index is 0.0369. The highest BCUT2D eigenvalue weighted by Gasteiger charge is 2.52. The molecule has 1 amide bonds. The monoisotopic (exact) mass is 532 g/mol. The van der Waals surface area contributed by atoms with Crippen LogP contribution in [0.25, 0.3) is 0 Å². The number of nitrogens with one attached hydrogen (secondary N) is 2. The summed E-state index contributed by atoms with van der Waals surface area (Å²) in [5.41, 5.74) is 3.44. The highest BCUT2D eigenvalue weighted by molar-refractivity contribution is 6.04. The van der Waals surface area contributed by atoms with Crippen LogP contribution >= 0.6 is 0 Å². The van der Waals surface area contributed by atoms with Crippen molar-refractivity contribution < 1.29 is 18.7 Å². The molecule has 0 bridgehead atoms. The third-order valence-electron chi connectivity index (χ3n) is 6.84. The van der Waals surface area contributed by atoms with Gasteiger partial charge in [-0.3, -0.25) is 4.79 Å². The molecule has 9 nitrogen and oxygen atoms in total. The lowest BCUT2D eigenvalue weighted by atomic mass is 9.98. The Bertz CT molecular complexity index is 1360. The molecule has 1 aliphatic carbocycles. The van der Waals surface area contributed by atoms with Crippen molar-refractivity contribution in [3.8, 4) is 5.75 Å². The molecule has 2 N–H and O–H groups in total. The number of ether oxygens (including phenoxy) is 2. The summed E-state index contributed by atoms with van der Waals surface area (Å²) < 4.78 is 25.3. The number of amides is 1.